The second kappa shape index (κ2) is 3.91. The van der Waals surface area contributed by atoms with Crippen molar-refractivity contribution in [2.24, 2.45) is 0 Å². The van der Waals surface area contributed by atoms with Crippen LogP contribution in [0.3, 0.4) is 0 Å². The first-order chi connectivity index (χ1) is 6.09. The summed E-state index contributed by atoms with van der Waals surface area (Å²) in [5.41, 5.74) is 6.74. The smallest absolute Gasteiger partial charge is 0.0973 e. The zero-order valence-electron chi connectivity index (χ0n) is 6.93. The standard InChI is InChI=1S/C9H11NO3/c10-7-3-1-6(2-4-7)5-8(11)9(12)13/h1-4,8,11H,5,10H2,(H,12,13)/p-1. The van der Waals surface area contributed by atoms with Crippen molar-refractivity contribution >= 4 is 11.7 Å². The average molecular weight is 180 g/mol. The molecule has 4 heteroatoms. The molecule has 0 aromatic heterocycles. The monoisotopic (exact) mass is 180 g/mol. The number of nitrogens with two attached hydrogens (primary N) is 1. The quantitative estimate of drug-likeness (QED) is 0.579. The summed E-state index contributed by atoms with van der Waals surface area (Å²) in [6, 6.07) is 6.64. The fourth-order valence-electron chi connectivity index (χ4n) is 0.960. The molecule has 4 nitrogen and oxygen atoms in total. The van der Waals surface area contributed by atoms with Gasteiger partial charge in [-0.05, 0) is 17.7 Å². The van der Waals surface area contributed by atoms with E-state index in [1.165, 1.54) is 0 Å². The van der Waals surface area contributed by atoms with Crippen LogP contribution in [0.4, 0.5) is 5.69 Å². The highest BCUT2D eigenvalue weighted by atomic mass is 16.4. The van der Waals surface area contributed by atoms with Gasteiger partial charge in [0.05, 0.1) is 12.1 Å². The van der Waals surface area contributed by atoms with Gasteiger partial charge in [-0.3, -0.25) is 0 Å². The molecule has 0 heterocycles. The van der Waals surface area contributed by atoms with Crippen LogP contribution in [-0.2, 0) is 11.2 Å². The van der Waals surface area contributed by atoms with Gasteiger partial charge in [0.25, 0.3) is 0 Å². The molecule has 0 aliphatic carbocycles. The summed E-state index contributed by atoms with van der Waals surface area (Å²) in [6.45, 7) is 0. The third-order valence-corrected chi connectivity index (χ3v) is 1.68. The van der Waals surface area contributed by atoms with Gasteiger partial charge in [0.1, 0.15) is 0 Å². The first-order valence-electron chi connectivity index (χ1n) is 3.83. The molecular formula is C9H10NO3-. The molecular weight excluding hydrogens is 170 g/mol. The number of hydrogen-bond acceptors (Lipinski definition) is 4. The van der Waals surface area contributed by atoms with Gasteiger partial charge in [0.2, 0.25) is 0 Å². The number of carboxylic acids is 1. The number of benzene rings is 1. The minimum atomic E-state index is -1.46. The van der Waals surface area contributed by atoms with Crippen LogP contribution < -0.4 is 10.8 Å². The van der Waals surface area contributed by atoms with E-state index in [1.807, 2.05) is 0 Å². The van der Waals surface area contributed by atoms with E-state index in [-0.39, 0.29) is 6.42 Å². The summed E-state index contributed by atoms with van der Waals surface area (Å²) in [6.07, 6.45) is -1.41. The van der Waals surface area contributed by atoms with Crippen molar-refractivity contribution in [3.63, 3.8) is 0 Å². The minimum absolute atomic E-state index is 0.0443. The molecule has 0 aliphatic rings. The summed E-state index contributed by atoms with van der Waals surface area (Å²) < 4.78 is 0. The molecule has 1 rings (SSSR count). The molecule has 0 spiro atoms. The van der Waals surface area contributed by atoms with E-state index < -0.39 is 12.1 Å². The van der Waals surface area contributed by atoms with E-state index in [2.05, 4.69) is 0 Å². The first kappa shape index (κ1) is 9.54. The van der Waals surface area contributed by atoms with Crippen molar-refractivity contribution in [3.05, 3.63) is 29.8 Å². The number of rotatable bonds is 3. The van der Waals surface area contributed by atoms with E-state index in [4.69, 9.17) is 10.8 Å². The number of nitrogen functional groups attached to an aromatic ring is 1. The molecule has 0 fully saturated rings. The van der Waals surface area contributed by atoms with Gasteiger partial charge in [-0.25, -0.2) is 0 Å². The lowest BCUT2D eigenvalue weighted by Gasteiger charge is -2.10. The second-order valence-electron chi connectivity index (χ2n) is 2.78. The number of carbonyl (C=O) groups is 1. The van der Waals surface area contributed by atoms with E-state index in [0.29, 0.717) is 11.3 Å². The summed E-state index contributed by atoms with van der Waals surface area (Å²) >= 11 is 0. The van der Waals surface area contributed by atoms with Crippen molar-refractivity contribution in [1.29, 1.82) is 0 Å². The third-order valence-electron chi connectivity index (χ3n) is 1.68. The Kier molecular flexibility index (Phi) is 2.87. The average Bonchev–Trinajstić information content (AvgIpc) is 2.08. The van der Waals surface area contributed by atoms with Gasteiger partial charge in [-0.1, -0.05) is 12.1 Å². The minimum Gasteiger partial charge on any atom is -0.547 e. The molecule has 70 valence electrons. The Labute approximate surface area is 75.6 Å². The highest BCUT2D eigenvalue weighted by Crippen LogP contribution is 2.07. The maximum absolute atomic E-state index is 10.2. The number of hydrogen-bond donors (Lipinski definition) is 2. The Morgan fingerprint density at radius 3 is 2.46 bits per heavy atom. The summed E-state index contributed by atoms with van der Waals surface area (Å²) in [4.78, 5) is 10.2. The zero-order chi connectivity index (χ0) is 9.84. The van der Waals surface area contributed by atoms with Crippen molar-refractivity contribution in [2.45, 2.75) is 12.5 Å². The highest BCUT2D eigenvalue weighted by molar-refractivity contribution is 5.70. The number of carbonyl (C=O) groups excluding carboxylic acids is 1. The van der Waals surface area contributed by atoms with Gasteiger partial charge >= 0.3 is 0 Å². The van der Waals surface area contributed by atoms with Crippen LogP contribution in [0.5, 0.6) is 0 Å². The molecule has 1 aromatic carbocycles. The summed E-state index contributed by atoms with van der Waals surface area (Å²) in [7, 11) is 0. The largest absolute Gasteiger partial charge is 0.547 e. The number of aliphatic hydroxyl groups is 1. The lowest BCUT2D eigenvalue weighted by molar-refractivity contribution is -0.314. The lowest BCUT2D eigenvalue weighted by atomic mass is 10.1. The van der Waals surface area contributed by atoms with Crippen molar-refractivity contribution in [2.75, 3.05) is 5.73 Å². The summed E-state index contributed by atoms with van der Waals surface area (Å²) in [5.74, 6) is -1.46. The molecule has 13 heavy (non-hydrogen) atoms. The van der Waals surface area contributed by atoms with Crippen molar-refractivity contribution in [1.82, 2.24) is 0 Å². The number of aliphatic hydroxyl groups excluding tert-OH is 1. The topological polar surface area (TPSA) is 86.4 Å². The Hall–Kier alpha value is -1.55. The van der Waals surface area contributed by atoms with Gasteiger partial charge < -0.3 is 20.7 Å². The van der Waals surface area contributed by atoms with Crippen LogP contribution >= 0.6 is 0 Å². The molecule has 3 N–H and O–H groups in total. The molecule has 0 radical (unpaired) electrons. The molecule has 0 bridgehead atoms. The second-order valence-corrected chi connectivity index (χ2v) is 2.78. The van der Waals surface area contributed by atoms with E-state index >= 15 is 0 Å². The van der Waals surface area contributed by atoms with Gasteiger partial charge in [0, 0.05) is 12.1 Å². The normalized spacial score (nSPS) is 12.4. The van der Waals surface area contributed by atoms with E-state index in [0.717, 1.165) is 0 Å². The zero-order valence-corrected chi connectivity index (χ0v) is 6.93. The molecule has 0 saturated heterocycles. The maximum Gasteiger partial charge on any atom is 0.0973 e. The van der Waals surface area contributed by atoms with Crippen LogP contribution in [-0.4, -0.2) is 17.2 Å². The molecule has 1 atom stereocenters. The highest BCUT2D eigenvalue weighted by Gasteiger charge is 2.05. The Morgan fingerprint density at radius 1 is 1.46 bits per heavy atom. The summed E-state index contributed by atoms with van der Waals surface area (Å²) in [5, 5.41) is 19.1. The van der Waals surface area contributed by atoms with Gasteiger partial charge in [0.15, 0.2) is 0 Å². The fourth-order valence-corrected chi connectivity index (χ4v) is 0.960. The molecule has 0 saturated carbocycles. The Morgan fingerprint density at radius 2 is 2.00 bits per heavy atom. The maximum atomic E-state index is 10.2. The molecule has 0 aliphatic heterocycles. The van der Waals surface area contributed by atoms with Gasteiger partial charge in [-0.15, -0.1) is 0 Å². The number of aliphatic carboxylic acids is 1. The molecule has 1 aromatic rings. The number of carboxylic acid groups (broad SMARTS) is 1. The Bertz CT molecular complexity index is 294. The van der Waals surface area contributed by atoms with Crippen LogP contribution in [0.1, 0.15) is 5.56 Å². The molecule has 1 unspecified atom stereocenters. The van der Waals surface area contributed by atoms with E-state index in [9.17, 15) is 9.90 Å². The SMILES string of the molecule is Nc1ccc(CC(O)C(=O)[O-])cc1. The predicted molar refractivity (Wildman–Crippen MR) is 45.6 cm³/mol. The van der Waals surface area contributed by atoms with Crippen LogP contribution in [0, 0.1) is 0 Å². The molecule has 0 amide bonds. The first-order valence-corrected chi connectivity index (χ1v) is 3.83. The van der Waals surface area contributed by atoms with Gasteiger partial charge in [-0.2, -0.15) is 0 Å². The van der Waals surface area contributed by atoms with Crippen molar-refractivity contribution in [3.8, 4) is 0 Å². The van der Waals surface area contributed by atoms with Crippen LogP contribution in [0.15, 0.2) is 24.3 Å². The third kappa shape index (κ3) is 2.76. The number of anilines is 1. The van der Waals surface area contributed by atoms with Crippen LogP contribution in [0.2, 0.25) is 0 Å². The lowest BCUT2D eigenvalue weighted by Crippen LogP contribution is -2.36. The Balaban J connectivity index is 2.64. The fraction of sp³-hybridized carbons (Fsp3) is 0.222. The predicted octanol–water partition coefficient (Wildman–Crippen LogP) is -1.08. The van der Waals surface area contributed by atoms with E-state index in [1.54, 1.807) is 24.3 Å². The van der Waals surface area contributed by atoms with Crippen LogP contribution in [0.25, 0.3) is 0 Å². The van der Waals surface area contributed by atoms with Crippen molar-refractivity contribution < 1.29 is 15.0 Å².